The lowest BCUT2D eigenvalue weighted by molar-refractivity contribution is -0.326. The summed E-state index contributed by atoms with van der Waals surface area (Å²) < 4.78 is 128. The molecule has 0 bridgehead atoms. The van der Waals surface area contributed by atoms with Crippen LogP contribution < -0.4 is 10.3 Å². The number of benzene rings is 2. The van der Waals surface area contributed by atoms with Crippen molar-refractivity contribution in [1.29, 1.82) is 0 Å². The fourth-order valence-electron chi connectivity index (χ4n) is 5.75. The Morgan fingerprint density at radius 2 is 1.21 bits per heavy atom. The predicted molar refractivity (Wildman–Crippen MR) is 172 cm³/mol. The van der Waals surface area contributed by atoms with E-state index in [0.29, 0.717) is 28.3 Å². The number of pyridine rings is 1. The van der Waals surface area contributed by atoms with Crippen molar-refractivity contribution in [1.82, 2.24) is 23.7 Å². The van der Waals surface area contributed by atoms with Crippen LogP contribution in [0.25, 0.3) is 33.2 Å². The zero-order valence-corrected chi connectivity index (χ0v) is 28.7. The van der Waals surface area contributed by atoms with Gasteiger partial charge < -0.3 is 18.4 Å². The van der Waals surface area contributed by atoms with Gasteiger partial charge in [0.1, 0.15) is 11.6 Å². The van der Waals surface area contributed by atoms with E-state index in [9.17, 15) is 44.3 Å². The molecule has 19 heteroatoms. The minimum atomic E-state index is -5.04. The smallest absolute Gasteiger partial charge is 0.400 e. The first-order valence-corrected chi connectivity index (χ1v) is 16.7. The average Bonchev–Trinajstić information content (AvgIpc) is 3.98. The number of nitrogens with zero attached hydrogens (tertiary/aromatic N) is 5. The van der Waals surface area contributed by atoms with Gasteiger partial charge in [-0.25, -0.2) is 9.97 Å². The third kappa shape index (κ3) is 9.46. The number of rotatable bonds is 10. The number of halogens is 10. The van der Waals surface area contributed by atoms with E-state index in [2.05, 4.69) is 40.1 Å². The number of fused-ring (bicyclic) bond motifs is 2. The van der Waals surface area contributed by atoms with Gasteiger partial charge in [0.2, 0.25) is 0 Å². The van der Waals surface area contributed by atoms with E-state index in [1.807, 2.05) is 22.8 Å². The van der Waals surface area contributed by atoms with Gasteiger partial charge in [0, 0.05) is 48.2 Å². The summed E-state index contributed by atoms with van der Waals surface area (Å²) in [5.41, 5.74) is 2.45. The highest BCUT2D eigenvalue weighted by molar-refractivity contribution is 9.10. The predicted octanol–water partition coefficient (Wildman–Crippen LogP) is 8.93. The topological polar surface area (TPSA) is 85.3 Å². The molecule has 2 saturated carbocycles. The minimum Gasteiger partial charge on any atom is -0.400 e. The zero-order valence-electron chi connectivity index (χ0n) is 27.1. The molecule has 0 aliphatic heterocycles. The Labute approximate surface area is 297 Å². The lowest BCUT2D eigenvalue weighted by Crippen LogP contribution is -2.25. The number of alkyl halides is 9. The Morgan fingerprint density at radius 3 is 1.69 bits per heavy atom. The molecule has 2 fully saturated rings. The molecule has 2 aliphatic rings. The van der Waals surface area contributed by atoms with Crippen LogP contribution in [-0.4, -0.2) is 56.0 Å². The van der Waals surface area contributed by atoms with Crippen LogP contribution in [0.15, 0.2) is 57.9 Å². The van der Waals surface area contributed by atoms with Crippen LogP contribution in [0.1, 0.15) is 49.2 Å². The molecule has 0 atom stereocenters. The van der Waals surface area contributed by atoms with Gasteiger partial charge in [-0.1, -0.05) is 22.0 Å². The molecule has 3 heterocycles. The van der Waals surface area contributed by atoms with Gasteiger partial charge in [-0.05, 0) is 67.6 Å². The van der Waals surface area contributed by atoms with Gasteiger partial charge in [-0.15, -0.1) is 39.5 Å². The monoisotopic (exact) mass is 809 g/mol. The molecule has 7 rings (SSSR count). The molecule has 2 aromatic carbocycles. The Hall–Kier alpha value is -4.10. The van der Waals surface area contributed by atoms with Gasteiger partial charge in [0.05, 0.1) is 35.3 Å². The first-order chi connectivity index (χ1) is 24.3. The highest BCUT2D eigenvalue weighted by Crippen LogP contribution is 2.42. The summed E-state index contributed by atoms with van der Waals surface area (Å²) in [6.07, 6.45) is -9.20. The largest absolute Gasteiger partial charge is 0.573 e. The van der Waals surface area contributed by atoms with Crippen LogP contribution >= 0.6 is 15.9 Å². The summed E-state index contributed by atoms with van der Waals surface area (Å²) in [7, 11) is 1.29. The highest BCUT2D eigenvalue weighted by atomic mass is 79.9. The molecule has 0 amide bonds. The van der Waals surface area contributed by atoms with E-state index in [-0.39, 0.29) is 24.6 Å². The molecule has 5 aromatic rings. The first kappa shape index (κ1) is 37.7. The summed E-state index contributed by atoms with van der Waals surface area (Å²) >= 11 is 3.38. The van der Waals surface area contributed by atoms with Crippen LogP contribution in [0, 0.1) is 0 Å². The molecule has 0 radical (unpaired) electrons. The van der Waals surface area contributed by atoms with Crippen molar-refractivity contribution in [2.45, 2.75) is 69.7 Å². The highest BCUT2D eigenvalue weighted by Gasteiger charge is 2.34. The van der Waals surface area contributed by atoms with E-state index < -0.39 is 43.6 Å². The fraction of sp³-hybridized carbons (Fsp3) is 0.424. The standard InChI is InChI=1S/C20H17F6N3O3.C13H12BrF3N2O/c1-28-10-13(9-16(18(28)30)32-20(24,25)26)12-4-5-14-15(8-12)29(6-7-31-19(21,22)23)17(27-14)11-2-3-11;14-9-3-4-10-11(7-9)19(5-6-20-13(15,16)17)12(18-10)8-1-2-8/h4-5,8-11H,2-3,6-7H2,1H3;3-4,7-8H,1-2,5-6H2. The molecule has 0 unspecified atom stereocenters. The molecular formula is C33H29BrF9N5O4. The quantitative estimate of drug-likeness (QED) is 0.131. The van der Waals surface area contributed by atoms with Crippen LogP contribution in [0.3, 0.4) is 0 Å². The number of hydrogen-bond donors (Lipinski definition) is 0. The summed E-state index contributed by atoms with van der Waals surface area (Å²) in [5.74, 6) is 1.13. The maximum atomic E-state index is 12.7. The third-order valence-electron chi connectivity index (χ3n) is 8.27. The Kier molecular flexibility index (Phi) is 10.4. The second kappa shape index (κ2) is 14.4. The molecule has 2 aliphatic carbocycles. The Morgan fingerprint density at radius 1 is 0.712 bits per heavy atom. The molecular weight excluding hydrogens is 781 g/mol. The van der Waals surface area contributed by atoms with E-state index in [1.54, 1.807) is 22.8 Å². The molecule has 3 aromatic heterocycles. The number of aromatic nitrogens is 5. The van der Waals surface area contributed by atoms with Crippen LogP contribution in [-0.2, 0) is 29.6 Å². The third-order valence-corrected chi connectivity index (χ3v) is 8.77. The van der Waals surface area contributed by atoms with Crippen LogP contribution in [0.5, 0.6) is 5.75 Å². The minimum absolute atomic E-state index is 0.0962. The van der Waals surface area contributed by atoms with Crippen LogP contribution in [0.2, 0.25) is 0 Å². The van der Waals surface area contributed by atoms with Gasteiger partial charge in [-0.2, -0.15) is 0 Å². The number of hydrogen-bond acceptors (Lipinski definition) is 6. The molecule has 0 saturated heterocycles. The van der Waals surface area contributed by atoms with E-state index >= 15 is 0 Å². The summed E-state index contributed by atoms with van der Waals surface area (Å²) in [6.45, 7) is -0.956. The van der Waals surface area contributed by atoms with E-state index in [0.717, 1.165) is 57.6 Å². The maximum Gasteiger partial charge on any atom is 0.573 e. The molecule has 280 valence electrons. The fourth-order valence-corrected chi connectivity index (χ4v) is 6.10. The van der Waals surface area contributed by atoms with Crippen molar-refractivity contribution in [3.8, 4) is 16.9 Å². The second-order valence-corrected chi connectivity index (χ2v) is 13.2. The van der Waals surface area contributed by atoms with Crippen molar-refractivity contribution in [3.63, 3.8) is 0 Å². The lowest BCUT2D eigenvalue weighted by Gasteiger charge is -2.13. The maximum absolute atomic E-state index is 12.7. The Bertz CT molecular complexity index is 2130. The van der Waals surface area contributed by atoms with Gasteiger partial charge in [0.25, 0.3) is 5.56 Å². The van der Waals surface area contributed by atoms with Crippen molar-refractivity contribution >= 4 is 38.0 Å². The number of aryl methyl sites for hydroxylation is 1. The van der Waals surface area contributed by atoms with E-state index in [4.69, 9.17) is 0 Å². The summed E-state index contributed by atoms with van der Waals surface area (Å²) in [5, 5.41) is 0. The summed E-state index contributed by atoms with van der Waals surface area (Å²) in [6, 6.07) is 11.5. The Balaban J connectivity index is 0.000000198. The van der Waals surface area contributed by atoms with Crippen molar-refractivity contribution < 1.29 is 53.7 Å². The lowest BCUT2D eigenvalue weighted by atomic mass is 10.1. The molecule has 0 spiro atoms. The normalized spacial score (nSPS) is 15.3. The number of ether oxygens (including phenoxy) is 3. The molecule has 0 N–H and O–H groups in total. The van der Waals surface area contributed by atoms with Gasteiger partial charge in [-0.3, -0.25) is 14.3 Å². The van der Waals surface area contributed by atoms with Gasteiger partial charge in [0.15, 0.2) is 5.75 Å². The second-order valence-electron chi connectivity index (χ2n) is 12.3. The van der Waals surface area contributed by atoms with Crippen molar-refractivity contribution in [2.24, 2.45) is 7.05 Å². The van der Waals surface area contributed by atoms with Gasteiger partial charge >= 0.3 is 19.1 Å². The SMILES string of the molecule is Cn1cc(-c2ccc3nc(C4CC4)n(CCOC(F)(F)F)c3c2)cc(OC(F)(F)F)c1=O.FC(F)(F)OCCn1c(C2CC2)nc2ccc(Br)cc21. The molecule has 52 heavy (non-hydrogen) atoms. The molecule has 9 nitrogen and oxygen atoms in total. The average molecular weight is 811 g/mol. The van der Waals surface area contributed by atoms with Crippen molar-refractivity contribution in [3.05, 3.63) is 75.1 Å². The first-order valence-electron chi connectivity index (χ1n) is 15.9. The zero-order chi connectivity index (χ0) is 37.6. The van der Waals surface area contributed by atoms with Crippen molar-refractivity contribution in [2.75, 3.05) is 13.2 Å². The summed E-state index contributed by atoms with van der Waals surface area (Å²) in [4.78, 5) is 21.1. The van der Waals surface area contributed by atoms with Crippen LogP contribution in [0.4, 0.5) is 39.5 Å². The van der Waals surface area contributed by atoms with E-state index in [1.165, 1.54) is 13.2 Å². The number of imidazole rings is 2.